The number of nitrogens with zero attached hydrogens (tertiary/aromatic N) is 7. The Hall–Kier alpha value is -5.43. The van der Waals surface area contributed by atoms with Crippen LogP contribution < -0.4 is 20.9 Å². The SMILES string of the molecule is [2H]C1C=CN(c2cccc3c2cc(C)n3C2CCN(CC3CCN(C(=O)c4ccc(C5CN(c6cc(-c7ccccc7O)nnc6N)CCO5)c(C)c4)CC3)CC2)[C@@H]([2H])N1. The third-order valence-corrected chi connectivity index (χ3v) is 12.6. The Morgan fingerprint density at radius 2 is 1.78 bits per heavy atom. The Morgan fingerprint density at radius 3 is 2.57 bits per heavy atom. The second-order valence-electron chi connectivity index (χ2n) is 16.2. The number of benzene rings is 3. The van der Waals surface area contributed by atoms with Crippen LogP contribution in [-0.2, 0) is 4.74 Å². The molecule has 302 valence electrons. The van der Waals surface area contributed by atoms with Crippen molar-refractivity contribution in [3.63, 3.8) is 0 Å². The number of phenols is 1. The summed E-state index contributed by atoms with van der Waals surface area (Å²) in [7, 11) is 0. The lowest BCUT2D eigenvalue weighted by atomic mass is 9.93. The van der Waals surface area contributed by atoms with Crippen molar-refractivity contribution in [1.29, 1.82) is 0 Å². The van der Waals surface area contributed by atoms with Crippen molar-refractivity contribution >= 4 is 34.0 Å². The zero-order valence-electron chi connectivity index (χ0n) is 35.4. The molecule has 0 aliphatic carbocycles. The van der Waals surface area contributed by atoms with E-state index < -0.39 is 13.2 Å². The van der Waals surface area contributed by atoms with Crippen LogP contribution in [0.3, 0.4) is 0 Å². The van der Waals surface area contributed by atoms with E-state index in [1.807, 2.05) is 59.3 Å². The number of nitrogen functional groups attached to an aromatic ring is 1. The molecular weight excluding hydrogens is 727 g/mol. The van der Waals surface area contributed by atoms with Crippen LogP contribution >= 0.6 is 0 Å². The van der Waals surface area contributed by atoms with Crippen molar-refractivity contribution in [2.24, 2.45) is 5.92 Å². The number of aryl methyl sites for hydroxylation is 2. The monoisotopic (exact) mass is 783 g/mol. The zero-order chi connectivity index (χ0) is 41.5. The van der Waals surface area contributed by atoms with Gasteiger partial charge in [-0.05, 0) is 105 Å². The van der Waals surface area contributed by atoms with Crippen LogP contribution in [0.5, 0.6) is 5.75 Å². The number of amides is 1. The minimum absolute atomic E-state index is 0.0892. The molecule has 9 rings (SSSR count). The molecule has 12 nitrogen and oxygen atoms in total. The number of rotatable bonds is 8. The predicted molar refractivity (Wildman–Crippen MR) is 230 cm³/mol. The van der Waals surface area contributed by atoms with Crippen molar-refractivity contribution in [2.45, 2.75) is 51.7 Å². The number of nitrogens with one attached hydrogen (secondary N) is 1. The fourth-order valence-electron chi connectivity index (χ4n) is 9.50. The summed E-state index contributed by atoms with van der Waals surface area (Å²) in [6.45, 7) is 9.42. The van der Waals surface area contributed by atoms with Gasteiger partial charge in [-0.2, -0.15) is 0 Å². The number of likely N-dealkylation sites (tertiary alicyclic amines) is 2. The van der Waals surface area contributed by atoms with Crippen LogP contribution in [0.2, 0.25) is 0 Å². The fourth-order valence-corrected chi connectivity index (χ4v) is 9.50. The van der Waals surface area contributed by atoms with Gasteiger partial charge in [0, 0.05) is 88.2 Å². The van der Waals surface area contributed by atoms with Gasteiger partial charge in [0.05, 0.1) is 37.2 Å². The summed E-state index contributed by atoms with van der Waals surface area (Å²) in [5, 5.41) is 23.0. The van der Waals surface area contributed by atoms with E-state index in [1.54, 1.807) is 18.2 Å². The summed E-state index contributed by atoms with van der Waals surface area (Å²) >= 11 is 0. The van der Waals surface area contributed by atoms with E-state index in [-0.39, 0.29) is 17.8 Å². The molecule has 4 N–H and O–H groups in total. The molecule has 5 aromatic rings. The molecule has 1 amide bonds. The maximum Gasteiger partial charge on any atom is 0.253 e. The Morgan fingerprint density at radius 1 is 0.948 bits per heavy atom. The maximum absolute atomic E-state index is 13.8. The highest BCUT2D eigenvalue weighted by atomic mass is 16.5. The molecule has 58 heavy (non-hydrogen) atoms. The van der Waals surface area contributed by atoms with Gasteiger partial charge in [-0.25, -0.2) is 0 Å². The van der Waals surface area contributed by atoms with Crippen molar-refractivity contribution in [3.8, 4) is 17.0 Å². The normalized spacial score (nSPS) is 23.0. The second kappa shape index (κ2) is 16.4. The number of hydrogen-bond acceptors (Lipinski definition) is 10. The van der Waals surface area contributed by atoms with Crippen molar-refractivity contribution in [2.75, 3.05) is 81.1 Å². The van der Waals surface area contributed by atoms with Crippen molar-refractivity contribution in [1.82, 2.24) is 29.9 Å². The molecule has 0 spiro atoms. The lowest BCUT2D eigenvalue weighted by Gasteiger charge is -2.38. The lowest BCUT2D eigenvalue weighted by molar-refractivity contribution is 0.0394. The van der Waals surface area contributed by atoms with E-state index >= 15 is 0 Å². The summed E-state index contributed by atoms with van der Waals surface area (Å²) in [6, 6.07) is 24.0. The third kappa shape index (κ3) is 7.64. The average molecular weight is 784 g/mol. The number of para-hydroxylation sites is 1. The summed E-state index contributed by atoms with van der Waals surface area (Å²) in [5.74, 6) is 1.12. The van der Waals surface area contributed by atoms with E-state index in [0.717, 1.165) is 86.3 Å². The second-order valence-corrected chi connectivity index (χ2v) is 16.2. The Bertz CT molecular complexity index is 2390. The average Bonchev–Trinajstić information content (AvgIpc) is 3.60. The molecule has 3 aromatic carbocycles. The number of carbonyl (C=O) groups excluding carboxylic acids is 1. The van der Waals surface area contributed by atoms with Gasteiger partial charge >= 0.3 is 0 Å². The van der Waals surface area contributed by atoms with Gasteiger partial charge in [-0.1, -0.05) is 30.3 Å². The highest BCUT2D eigenvalue weighted by Gasteiger charge is 2.30. The summed E-state index contributed by atoms with van der Waals surface area (Å²) in [5.41, 5.74) is 14.4. The minimum atomic E-state index is -0.696. The number of hydrogen-bond donors (Lipinski definition) is 3. The van der Waals surface area contributed by atoms with Crippen LogP contribution in [0.4, 0.5) is 17.2 Å². The van der Waals surface area contributed by atoms with E-state index in [4.69, 9.17) is 13.2 Å². The molecule has 3 saturated heterocycles. The largest absolute Gasteiger partial charge is 0.507 e. The van der Waals surface area contributed by atoms with Gasteiger partial charge in [0.15, 0.2) is 5.82 Å². The molecule has 0 bridgehead atoms. The number of aromatic hydroxyl groups is 1. The van der Waals surface area contributed by atoms with E-state index in [2.05, 4.69) is 61.1 Å². The Balaban J connectivity index is 0.778. The first-order valence-corrected chi connectivity index (χ1v) is 20.7. The lowest BCUT2D eigenvalue weighted by Crippen LogP contribution is -2.43. The van der Waals surface area contributed by atoms with Gasteiger partial charge in [-0.3, -0.25) is 10.1 Å². The van der Waals surface area contributed by atoms with Crippen LogP contribution in [0.25, 0.3) is 22.2 Å². The number of morpholine rings is 1. The molecule has 0 saturated carbocycles. The van der Waals surface area contributed by atoms with Crippen LogP contribution in [0.15, 0.2) is 85.1 Å². The molecule has 4 aliphatic heterocycles. The van der Waals surface area contributed by atoms with Gasteiger partial charge in [0.2, 0.25) is 0 Å². The first kappa shape index (κ1) is 35.7. The number of piperidine rings is 2. The minimum Gasteiger partial charge on any atom is -0.507 e. The molecule has 3 fully saturated rings. The Kier molecular flexibility index (Phi) is 10.1. The van der Waals surface area contributed by atoms with Gasteiger partial charge in [0.25, 0.3) is 5.91 Å². The molecule has 12 heteroatoms. The van der Waals surface area contributed by atoms with E-state index in [1.165, 1.54) is 11.2 Å². The molecule has 4 aliphatic rings. The number of ether oxygens (including phenoxy) is 1. The van der Waals surface area contributed by atoms with Crippen molar-refractivity contribution < 1.29 is 17.4 Å². The van der Waals surface area contributed by atoms with Gasteiger partial charge in [0.1, 0.15) is 11.9 Å². The number of anilines is 3. The molecular formula is C46H55N9O3. The topological polar surface area (TPSA) is 128 Å². The predicted octanol–water partition coefficient (Wildman–Crippen LogP) is 6.65. The fraction of sp³-hybridized carbons (Fsp3) is 0.413. The first-order chi connectivity index (χ1) is 29.1. The number of fused-ring (bicyclic) bond motifs is 1. The highest BCUT2D eigenvalue weighted by molar-refractivity contribution is 5.95. The maximum atomic E-state index is 13.8. The molecule has 0 radical (unpaired) electrons. The van der Waals surface area contributed by atoms with E-state index in [0.29, 0.717) is 54.3 Å². The number of aromatic nitrogens is 3. The van der Waals surface area contributed by atoms with Gasteiger partial charge < -0.3 is 39.7 Å². The molecule has 2 unspecified atom stereocenters. The number of phenolic OH excluding ortho intramolecular Hbond substituents is 1. The van der Waals surface area contributed by atoms with Crippen LogP contribution in [0, 0.1) is 19.8 Å². The standard InChI is InChI=1S/C46H55N9O3/c1-31-25-34(11-12-36(31)44-29-53(23-24-58-44)42-27-39(49-50-45(42)47)37-7-3-4-10-43(37)56)46(57)52-21-13-33(14-22-52)28-51-19-15-35(16-20-51)55-32(2)26-38-40(8-5-9-41(38)55)54-18-6-17-48-30-54/h3-12,18,25-27,33,35,44,48,56H,13-17,19-24,28-30H2,1-2H3,(H2,47,50)/i17D,30D/t17?,30-,44?/m0/s1. The van der Waals surface area contributed by atoms with Gasteiger partial charge in [-0.15, -0.1) is 10.2 Å². The van der Waals surface area contributed by atoms with Crippen LogP contribution in [-0.4, -0.2) is 101 Å². The van der Waals surface area contributed by atoms with Crippen molar-refractivity contribution in [3.05, 3.63) is 107 Å². The first-order valence-electron chi connectivity index (χ1n) is 21.8. The number of nitrogens with two attached hydrogens (primary N) is 1. The zero-order valence-corrected chi connectivity index (χ0v) is 33.4. The highest BCUT2D eigenvalue weighted by Crippen LogP contribution is 2.37. The summed E-state index contributed by atoms with van der Waals surface area (Å²) in [6.07, 6.45) is 7.64. The molecule has 3 atom stereocenters. The number of carbonyl (C=O) groups is 1. The summed E-state index contributed by atoms with van der Waals surface area (Å²) in [4.78, 5) is 22.5. The summed E-state index contributed by atoms with van der Waals surface area (Å²) < 4.78 is 25.3. The third-order valence-electron chi connectivity index (χ3n) is 12.6. The van der Waals surface area contributed by atoms with Crippen LogP contribution in [0.1, 0.15) is 67.7 Å². The quantitative estimate of drug-likeness (QED) is 0.158. The smallest absolute Gasteiger partial charge is 0.253 e. The Labute approximate surface area is 343 Å². The molecule has 2 aromatic heterocycles. The van der Waals surface area contributed by atoms with E-state index in [9.17, 15) is 9.90 Å². The molecule has 6 heterocycles.